The molecule has 0 aliphatic heterocycles. The van der Waals surface area contributed by atoms with Crippen LogP contribution in [0.1, 0.15) is 24.2 Å². The molecule has 15 heavy (non-hydrogen) atoms. The number of benzene rings is 1. The number of halogens is 1. The molecule has 0 unspecified atom stereocenters. The van der Waals surface area contributed by atoms with Crippen molar-refractivity contribution in [3.8, 4) is 0 Å². The molecule has 1 rings (SSSR count). The van der Waals surface area contributed by atoms with Crippen LogP contribution in [0.5, 0.6) is 0 Å². The van der Waals surface area contributed by atoms with Gasteiger partial charge >= 0.3 is 0 Å². The summed E-state index contributed by atoms with van der Waals surface area (Å²) in [4.78, 5) is 12.5. The number of hydrogen-bond donors (Lipinski definition) is 2. The quantitative estimate of drug-likeness (QED) is 0.822. The maximum Gasteiger partial charge on any atom is 0.252 e. The Morgan fingerprint density at radius 3 is 2.80 bits per heavy atom. The molecule has 0 radical (unpaired) electrons. The Bertz CT molecular complexity index is 366. The van der Waals surface area contributed by atoms with Crippen LogP contribution in [0.15, 0.2) is 27.6 Å². The summed E-state index contributed by atoms with van der Waals surface area (Å²) in [6, 6.07) is 5.42. The lowest BCUT2D eigenvalue weighted by Gasteiger charge is -2.09. The van der Waals surface area contributed by atoms with Crippen molar-refractivity contribution in [2.75, 3.05) is 6.54 Å². The summed E-state index contributed by atoms with van der Waals surface area (Å²) in [6.45, 7) is 4.80. The minimum absolute atomic E-state index is 0.0634. The first-order valence-corrected chi connectivity index (χ1v) is 6.01. The molecule has 0 spiro atoms. The molecule has 0 aliphatic carbocycles. The van der Waals surface area contributed by atoms with E-state index in [1.807, 2.05) is 12.1 Å². The van der Waals surface area contributed by atoms with Gasteiger partial charge in [-0.2, -0.15) is 0 Å². The number of carbonyl (C=O) groups is 1. The van der Waals surface area contributed by atoms with Crippen LogP contribution in [0.25, 0.3) is 0 Å². The number of hydrogen-bond acceptors (Lipinski definition) is 2. The van der Waals surface area contributed by atoms with Gasteiger partial charge in [-0.3, -0.25) is 4.79 Å². The molecule has 1 aromatic rings. The highest BCUT2D eigenvalue weighted by Gasteiger charge is 2.10. The van der Waals surface area contributed by atoms with Crippen molar-refractivity contribution in [1.82, 2.24) is 5.32 Å². The first kappa shape index (κ1) is 12.6. The zero-order valence-corrected chi connectivity index (χ0v) is 11.2. The fourth-order valence-electron chi connectivity index (χ4n) is 1.08. The molecule has 2 nitrogen and oxygen atoms in total. The average Bonchev–Trinajstić information content (AvgIpc) is 2.18. The van der Waals surface area contributed by atoms with Crippen LogP contribution >= 0.6 is 28.6 Å². The second kappa shape index (κ2) is 5.56. The molecule has 0 saturated carbocycles. The van der Waals surface area contributed by atoms with Gasteiger partial charge in [-0.15, -0.1) is 12.6 Å². The summed E-state index contributed by atoms with van der Waals surface area (Å²) in [5.41, 5.74) is 0.628. The highest BCUT2D eigenvalue weighted by molar-refractivity contribution is 9.10. The predicted octanol–water partition coefficient (Wildman–Crippen LogP) is 3.12. The average molecular weight is 288 g/mol. The van der Waals surface area contributed by atoms with Gasteiger partial charge in [0, 0.05) is 15.9 Å². The maximum absolute atomic E-state index is 11.7. The fourth-order valence-corrected chi connectivity index (χ4v) is 1.71. The van der Waals surface area contributed by atoms with Crippen molar-refractivity contribution in [3.63, 3.8) is 0 Å². The van der Waals surface area contributed by atoms with Crippen molar-refractivity contribution in [2.24, 2.45) is 5.92 Å². The minimum atomic E-state index is -0.0634. The van der Waals surface area contributed by atoms with Gasteiger partial charge in [0.15, 0.2) is 0 Å². The van der Waals surface area contributed by atoms with E-state index in [0.717, 1.165) is 9.37 Å². The van der Waals surface area contributed by atoms with E-state index in [-0.39, 0.29) is 5.91 Å². The van der Waals surface area contributed by atoms with E-state index in [1.165, 1.54) is 0 Å². The highest BCUT2D eigenvalue weighted by atomic mass is 79.9. The third kappa shape index (κ3) is 3.87. The summed E-state index contributed by atoms with van der Waals surface area (Å²) in [7, 11) is 0. The molecule has 0 aliphatic rings. The molecule has 4 heteroatoms. The summed E-state index contributed by atoms with van der Waals surface area (Å²) in [6.07, 6.45) is 0. The molecule has 0 heterocycles. The van der Waals surface area contributed by atoms with Gasteiger partial charge in [-0.05, 0) is 40.0 Å². The third-order valence-electron chi connectivity index (χ3n) is 1.87. The van der Waals surface area contributed by atoms with E-state index in [9.17, 15) is 4.79 Å². The van der Waals surface area contributed by atoms with Gasteiger partial charge in [0.2, 0.25) is 0 Å². The Balaban J connectivity index is 2.77. The summed E-state index contributed by atoms with van der Waals surface area (Å²) >= 11 is 7.55. The van der Waals surface area contributed by atoms with E-state index in [1.54, 1.807) is 6.07 Å². The Labute approximate surface area is 104 Å². The predicted molar refractivity (Wildman–Crippen MR) is 68.6 cm³/mol. The molecule has 1 amide bonds. The van der Waals surface area contributed by atoms with Crippen molar-refractivity contribution < 1.29 is 4.79 Å². The number of thiol groups is 1. The number of carbonyl (C=O) groups excluding carboxylic acids is 1. The molecule has 0 aromatic heterocycles. The first-order chi connectivity index (χ1) is 7.00. The van der Waals surface area contributed by atoms with Gasteiger partial charge in [-0.1, -0.05) is 13.8 Å². The van der Waals surface area contributed by atoms with Crippen LogP contribution in [0.4, 0.5) is 0 Å². The van der Waals surface area contributed by atoms with Crippen molar-refractivity contribution >= 4 is 34.5 Å². The van der Waals surface area contributed by atoms with E-state index in [4.69, 9.17) is 0 Å². The standard InChI is InChI=1S/C11H14BrNOS/c1-7(2)6-13-11(14)9-5-8(15)3-4-10(9)12/h3-5,7,15H,6H2,1-2H3,(H,13,14). The van der Waals surface area contributed by atoms with E-state index < -0.39 is 0 Å². The Kier molecular flexibility index (Phi) is 4.67. The summed E-state index contributed by atoms with van der Waals surface area (Å²) in [5.74, 6) is 0.387. The lowest BCUT2D eigenvalue weighted by atomic mass is 10.2. The summed E-state index contributed by atoms with van der Waals surface area (Å²) in [5, 5.41) is 2.86. The van der Waals surface area contributed by atoms with Gasteiger partial charge in [0.1, 0.15) is 0 Å². The number of amides is 1. The monoisotopic (exact) mass is 287 g/mol. The second-order valence-corrected chi connectivity index (χ2v) is 5.14. The topological polar surface area (TPSA) is 29.1 Å². The van der Waals surface area contributed by atoms with Gasteiger partial charge < -0.3 is 5.32 Å². The zero-order valence-electron chi connectivity index (χ0n) is 8.75. The van der Waals surface area contributed by atoms with Crippen LogP contribution in [0, 0.1) is 5.92 Å². The normalized spacial score (nSPS) is 10.5. The Hall–Kier alpha value is -0.480. The Morgan fingerprint density at radius 1 is 1.53 bits per heavy atom. The molecule has 0 bridgehead atoms. The maximum atomic E-state index is 11.7. The van der Waals surface area contributed by atoms with Crippen molar-refractivity contribution in [3.05, 3.63) is 28.2 Å². The van der Waals surface area contributed by atoms with E-state index in [2.05, 4.69) is 47.7 Å². The molecule has 1 aromatic carbocycles. The molecule has 0 saturated heterocycles. The molecule has 1 N–H and O–H groups in total. The largest absolute Gasteiger partial charge is 0.352 e. The molecular weight excluding hydrogens is 274 g/mol. The Morgan fingerprint density at radius 2 is 2.20 bits per heavy atom. The van der Waals surface area contributed by atoms with Crippen molar-refractivity contribution in [1.29, 1.82) is 0 Å². The van der Waals surface area contributed by atoms with Crippen molar-refractivity contribution in [2.45, 2.75) is 18.7 Å². The second-order valence-electron chi connectivity index (χ2n) is 3.77. The number of nitrogens with one attached hydrogen (secondary N) is 1. The molecule has 82 valence electrons. The zero-order chi connectivity index (χ0) is 11.4. The van der Waals surface area contributed by atoms with E-state index in [0.29, 0.717) is 18.0 Å². The molecule has 0 atom stereocenters. The van der Waals surface area contributed by atoms with Crippen LogP contribution < -0.4 is 5.32 Å². The van der Waals surface area contributed by atoms with Gasteiger partial charge in [-0.25, -0.2) is 0 Å². The van der Waals surface area contributed by atoms with Gasteiger partial charge in [0.25, 0.3) is 5.91 Å². The number of rotatable bonds is 3. The smallest absolute Gasteiger partial charge is 0.252 e. The SMILES string of the molecule is CC(C)CNC(=O)c1cc(S)ccc1Br. The molecular formula is C11H14BrNOS. The lowest BCUT2D eigenvalue weighted by molar-refractivity contribution is 0.0948. The third-order valence-corrected chi connectivity index (χ3v) is 2.84. The first-order valence-electron chi connectivity index (χ1n) is 4.77. The van der Waals surface area contributed by atoms with Crippen LogP contribution in [-0.2, 0) is 0 Å². The molecule has 0 fully saturated rings. The lowest BCUT2D eigenvalue weighted by Crippen LogP contribution is -2.27. The minimum Gasteiger partial charge on any atom is -0.352 e. The summed E-state index contributed by atoms with van der Waals surface area (Å²) < 4.78 is 0.793. The fraction of sp³-hybridized carbons (Fsp3) is 0.364. The van der Waals surface area contributed by atoms with E-state index >= 15 is 0 Å². The van der Waals surface area contributed by atoms with Crippen LogP contribution in [0.3, 0.4) is 0 Å². The highest BCUT2D eigenvalue weighted by Crippen LogP contribution is 2.20. The van der Waals surface area contributed by atoms with Crippen LogP contribution in [0.2, 0.25) is 0 Å². The van der Waals surface area contributed by atoms with Crippen LogP contribution in [-0.4, -0.2) is 12.5 Å². The van der Waals surface area contributed by atoms with Gasteiger partial charge in [0.05, 0.1) is 5.56 Å².